The number of methoxy groups -OCH3 is 1. The van der Waals surface area contributed by atoms with Crippen molar-refractivity contribution in [3.8, 4) is 0 Å². The quantitative estimate of drug-likeness (QED) is 0.520. The Kier molecular flexibility index (Phi) is 5.82. The van der Waals surface area contributed by atoms with Crippen LogP contribution in [0.4, 0.5) is 0 Å². The van der Waals surface area contributed by atoms with Crippen molar-refractivity contribution in [2.75, 3.05) is 13.7 Å². The molecule has 4 heteroatoms. The van der Waals surface area contributed by atoms with Crippen LogP contribution in [0.2, 0.25) is 0 Å². The van der Waals surface area contributed by atoms with Gasteiger partial charge in [0.25, 0.3) is 0 Å². The van der Waals surface area contributed by atoms with Crippen molar-refractivity contribution >= 4 is 5.97 Å². The lowest BCUT2D eigenvalue weighted by Crippen LogP contribution is -2.51. The van der Waals surface area contributed by atoms with E-state index in [0.29, 0.717) is 25.3 Å². The van der Waals surface area contributed by atoms with Gasteiger partial charge in [-0.2, -0.15) is 0 Å². The Labute approximate surface area is 91.6 Å². The molecule has 0 spiro atoms. The van der Waals surface area contributed by atoms with Crippen molar-refractivity contribution in [2.24, 2.45) is 0 Å². The van der Waals surface area contributed by atoms with Gasteiger partial charge in [-0.25, -0.2) is 4.79 Å². The number of ether oxygens (including phenoxy) is 2. The molecule has 0 saturated carbocycles. The summed E-state index contributed by atoms with van der Waals surface area (Å²) in [5, 5.41) is 2.99. The van der Waals surface area contributed by atoms with E-state index < -0.39 is 5.54 Å². The molecule has 0 fully saturated rings. The van der Waals surface area contributed by atoms with E-state index in [1.54, 1.807) is 0 Å². The smallest absolute Gasteiger partial charge is 0.331 e. The second-order valence-corrected chi connectivity index (χ2v) is 3.26. The maximum atomic E-state index is 11.7. The summed E-state index contributed by atoms with van der Waals surface area (Å²) in [6.07, 6.45) is 1.25. The van der Waals surface area contributed by atoms with Crippen LogP contribution in [-0.2, 0) is 14.3 Å². The van der Waals surface area contributed by atoms with Gasteiger partial charge >= 0.3 is 5.97 Å². The molecule has 0 aromatic heterocycles. The molecule has 0 heterocycles. The Morgan fingerprint density at radius 3 is 2.20 bits per heavy atom. The van der Waals surface area contributed by atoms with Crippen molar-refractivity contribution in [1.29, 1.82) is 0 Å². The van der Waals surface area contributed by atoms with Crippen molar-refractivity contribution in [2.45, 2.75) is 39.2 Å². The van der Waals surface area contributed by atoms with Gasteiger partial charge in [0.2, 0.25) is 0 Å². The van der Waals surface area contributed by atoms with E-state index in [1.165, 1.54) is 7.11 Å². The Balaban J connectivity index is 4.63. The van der Waals surface area contributed by atoms with Gasteiger partial charge in [-0.1, -0.05) is 13.8 Å². The molecular weight excluding hydrogens is 194 g/mol. The molecule has 15 heavy (non-hydrogen) atoms. The molecule has 0 aliphatic rings. The molecule has 0 aromatic carbocycles. The lowest BCUT2D eigenvalue weighted by atomic mass is 9.93. The van der Waals surface area contributed by atoms with Crippen LogP contribution in [0.1, 0.15) is 33.6 Å². The minimum atomic E-state index is -0.721. The summed E-state index contributed by atoms with van der Waals surface area (Å²) in [6.45, 7) is 9.94. The summed E-state index contributed by atoms with van der Waals surface area (Å²) in [6, 6.07) is 0. The number of hydrogen-bond donors (Lipinski definition) is 1. The van der Waals surface area contributed by atoms with Gasteiger partial charge in [0.15, 0.2) is 5.88 Å². The van der Waals surface area contributed by atoms with Crippen LogP contribution < -0.4 is 5.32 Å². The van der Waals surface area contributed by atoms with E-state index in [1.807, 2.05) is 20.8 Å². The molecule has 1 N–H and O–H groups in total. The molecule has 0 aliphatic carbocycles. The van der Waals surface area contributed by atoms with Crippen LogP contribution in [0.5, 0.6) is 0 Å². The van der Waals surface area contributed by atoms with Crippen LogP contribution in [0, 0.1) is 0 Å². The summed E-state index contributed by atoms with van der Waals surface area (Å²) in [7, 11) is 1.38. The van der Waals surface area contributed by atoms with Crippen LogP contribution in [0.15, 0.2) is 12.5 Å². The lowest BCUT2D eigenvalue weighted by molar-refractivity contribution is -0.149. The zero-order valence-corrected chi connectivity index (χ0v) is 10.1. The molecule has 0 aliphatic heterocycles. The second kappa shape index (κ2) is 6.32. The van der Waals surface area contributed by atoms with E-state index in [0.717, 1.165) is 0 Å². The normalized spacial score (nSPS) is 10.7. The molecule has 0 aromatic rings. The number of carbonyl (C=O) groups is 1. The van der Waals surface area contributed by atoms with E-state index in [9.17, 15) is 4.79 Å². The zero-order chi connectivity index (χ0) is 11.9. The topological polar surface area (TPSA) is 47.6 Å². The van der Waals surface area contributed by atoms with Gasteiger partial charge in [-0.05, 0) is 26.3 Å². The van der Waals surface area contributed by atoms with Crippen LogP contribution in [0.25, 0.3) is 0 Å². The summed E-state index contributed by atoms with van der Waals surface area (Å²) in [5.41, 5.74) is -0.721. The number of nitrogens with one attached hydrogen (secondary N) is 1. The fourth-order valence-electron chi connectivity index (χ4n) is 1.44. The molecule has 0 radical (unpaired) electrons. The highest BCUT2D eigenvalue weighted by molar-refractivity contribution is 5.80. The second-order valence-electron chi connectivity index (χ2n) is 3.26. The van der Waals surface area contributed by atoms with Gasteiger partial charge in [0, 0.05) is 0 Å². The summed E-state index contributed by atoms with van der Waals surface area (Å²) < 4.78 is 9.96. The zero-order valence-electron chi connectivity index (χ0n) is 10.1. The first kappa shape index (κ1) is 13.8. The molecule has 4 nitrogen and oxygen atoms in total. The van der Waals surface area contributed by atoms with Crippen molar-refractivity contribution < 1.29 is 14.3 Å². The minimum Gasteiger partial charge on any atom is -0.480 e. The molecule has 88 valence electrons. The largest absolute Gasteiger partial charge is 0.480 e. The number of esters is 1. The lowest BCUT2D eigenvalue weighted by Gasteiger charge is -2.31. The van der Waals surface area contributed by atoms with E-state index in [-0.39, 0.29) is 5.97 Å². The molecule has 0 unspecified atom stereocenters. The maximum Gasteiger partial charge on any atom is 0.331 e. The Bertz CT molecular complexity index is 222. The third-order valence-electron chi connectivity index (χ3n) is 2.48. The van der Waals surface area contributed by atoms with Gasteiger partial charge in [0.1, 0.15) is 5.54 Å². The number of rotatable bonds is 7. The molecule has 0 rings (SSSR count). The highest BCUT2D eigenvalue weighted by atomic mass is 16.5. The monoisotopic (exact) mass is 215 g/mol. The highest BCUT2D eigenvalue weighted by Gasteiger charge is 2.36. The first-order valence-corrected chi connectivity index (χ1v) is 5.24. The third-order valence-corrected chi connectivity index (χ3v) is 2.48. The first-order valence-electron chi connectivity index (χ1n) is 5.24. The Morgan fingerprint density at radius 1 is 1.33 bits per heavy atom. The number of carbonyl (C=O) groups excluding carboxylic acids is 1. The predicted octanol–water partition coefficient (Wildman–Crippen LogP) is 1.82. The van der Waals surface area contributed by atoms with Crippen LogP contribution >= 0.6 is 0 Å². The van der Waals surface area contributed by atoms with Gasteiger partial charge in [-0.3, -0.25) is 0 Å². The fourth-order valence-corrected chi connectivity index (χ4v) is 1.44. The summed E-state index contributed by atoms with van der Waals surface area (Å²) in [5.74, 6) is 0.125. The van der Waals surface area contributed by atoms with E-state index >= 15 is 0 Å². The molecule has 0 bridgehead atoms. The standard InChI is InChI=1S/C11H21NO3/c1-6-11(7-2,10(13)14-5)12-9(4)15-8-3/h12H,4,6-8H2,1-3,5H3. The predicted molar refractivity (Wildman–Crippen MR) is 59.2 cm³/mol. The first-order chi connectivity index (χ1) is 7.06. The van der Waals surface area contributed by atoms with Crippen molar-refractivity contribution in [3.63, 3.8) is 0 Å². The van der Waals surface area contributed by atoms with Crippen LogP contribution in [0.3, 0.4) is 0 Å². The maximum absolute atomic E-state index is 11.7. The number of hydrogen-bond acceptors (Lipinski definition) is 4. The van der Waals surface area contributed by atoms with Crippen LogP contribution in [-0.4, -0.2) is 25.2 Å². The Morgan fingerprint density at radius 2 is 1.87 bits per heavy atom. The van der Waals surface area contributed by atoms with Gasteiger partial charge < -0.3 is 14.8 Å². The molecule has 0 saturated heterocycles. The average Bonchev–Trinajstić information content (AvgIpc) is 2.25. The minimum absolute atomic E-state index is 0.284. The van der Waals surface area contributed by atoms with E-state index in [4.69, 9.17) is 9.47 Å². The van der Waals surface area contributed by atoms with Gasteiger partial charge in [0.05, 0.1) is 13.7 Å². The van der Waals surface area contributed by atoms with E-state index in [2.05, 4.69) is 11.9 Å². The fraction of sp³-hybridized carbons (Fsp3) is 0.727. The molecule has 0 atom stereocenters. The third kappa shape index (κ3) is 3.46. The average molecular weight is 215 g/mol. The van der Waals surface area contributed by atoms with Crippen molar-refractivity contribution in [1.82, 2.24) is 5.32 Å². The van der Waals surface area contributed by atoms with Gasteiger partial charge in [-0.15, -0.1) is 0 Å². The SMILES string of the molecule is C=C(NC(CC)(CC)C(=O)OC)OCC. The molecular formula is C11H21NO3. The molecule has 0 amide bonds. The summed E-state index contributed by atoms with van der Waals surface area (Å²) >= 11 is 0. The summed E-state index contributed by atoms with van der Waals surface area (Å²) in [4.78, 5) is 11.7. The highest BCUT2D eigenvalue weighted by Crippen LogP contribution is 2.18. The Hall–Kier alpha value is -1.19. The van der Waals surface area contributed by atoms with Crippen molar-refractivity contribution in [3.05, 3.63) is 12.5 Å².